The number of aryl methyl sites for hydroxylation is 1. The summed E-state index contributed by atoms with van der Waals surface area (Å²) < 4.78 is 3.33. The summed E-state index contributed by atoms with van der Waals surface area (Å²) >= 11 is 6.03. The molecule has 24 heavy (non-hydrogen) atoms. The summed E-state index contributed by atoms with van der Waals surface area (Å²) in [6.07, 6.45) is 4.18. The average Bonchev–Trinajstić information content (AvgIpc) is 3.18. The van der Waals surface area contributed by atoms with Gasteiger partial charge in [-0.1, -0.05) is 29.8 Å². The van der Waals surface area contributed by atoms with Crippen LogP contribution in [0.1, 0.15) is 28.7 Å². The van der Waals surface area contributed by atoms with Gasteiger partial charge in [-0.15, -0.1) is 5.10 Å². The third kappa shape index (κ3) is 3.30. The van der Waals surface area contributed by atoms with E-state index in [0.29, 0.717) is 23.7 Å². The first-order valence-electron chi connectivity index (χ1n) is 7.54. The molecule has 1 amide bonds. The quantitative estimate of drug-likeness (QED) is 0.769. The number of rotatable bonds is 5. The first kappa shape index (κ1) is 16.2. The Kier molecular flexibility index (Phi) is 4.61. The van der Waals surface area contributed by atoms with Crippen molar-refractivity contribution in [2.45, 2.75) is 19.9 Å². The van der Waals surface area contributed by atoms with Gasteiger partial charge in [-0.2, -0.15) is 5.10 Å². The summed E-state index contributed by atoms with van der Waals surface area (Å²) in [5, 5.41) is 15.7. The summed E-state index contributed by atoms with van der Waals surface area (Å²) in [7, 11) is 1.83. The minimum atomic E-state index is -0.260. The lowest BCUT2D eigenvalue weighted by molar-refractivity contribution is 0.0945. The fraction of sp³-hybridized carbons (Fsp3) is 0.250. The highest BCUT2D eigenvalue weighted by atomic mass is 35.5. The van der Waals surface area contributed by atoms with Crippen molar-refractivity contribution in [1.82, 2.24) is 30.1 Å². The fourth-order valence-electron chi connectivity index (χ4n) is 2.44. The van der Waals surface area contributed by atoms with E-state index in [2.05, 4.69) is 20.7 Å². The van der Waals surface area contributed by atoms with Crippen LogP contribution in [0, 0.1) is 0 Å². The van der Waals surface area contributed by atoms with Crippen LogP contribution in [0.15, 0.2) is 36.7 Å². The van der Waals surface area contributed by atoms with Crippen LogP contribution in [0.3, 0.4) is 0 Å². The zero-order chi connectivity index (χ0) is 17.1. The first-order chi connectivity index (χ1) is 11.6. The number of nitrogens with zero attached hydrogens (tertiary/aromatic N) is 5. The molecule has 3 aromatic rings. The Morgan fingerprint density at radius 1 is 1.38 bits per heavy atom. The number of aromatic nitrogens is 5. The van der Waals surface area contributed by atoms with E-state index in [1.165, 1.54) is 0 Å². The highest BCUT2D eigenvalue weighted by molar-refractivity contribution is 6.30. The van der Waals surface area contributed by atoms with E-state index in [1.807, 2.05) is 32.3 Å². The smallest absolute Gasteiger partial charge is 0.274 e. The van der Waals surface area contributed by atoms with Gasteiger partial charge in [-0.25, -0.2) is 4.68 Å². The largest absolute Gasteiger partial charge is 0.346 e. The van der Waals surface area contributed by atoms with Crippen LogP contribution in [-0.4, -0.2) is 30.7 Å². The van der Waals surface area contributed by atoms with Gasteiger partial charge in [0.25, 0.3) is 5.91 Å². The second-order valence-electron chi connectivity index (χ2n) is 5.33. The first-order valence-corrected chi connectivity index (χ1v) is 7.92. The molecule has 8 heteroatoms. The van der Waals surface area contributed by atoms with Crippen LogP contribution in [0.2, 0.25) is 5.02 Å². The van der Waals surface area contributed by atoms with Crippen LogP contribution in [-0.2, 0) is 20.0 Å². The summed E-state index contributed by atoms with van der Waals surface area (Å²) in [5.41, 5.74) is 2.76. The number of halogens is 1. The molecule has 3 rings (SSSR count). The molecule has 2 aromatic heterocycles. The average molecular weight is 345 g/mol. The molecule has 0 saturated heterocycles. The van der Waals surface area contributed by atoms with Crippen molar-refractivity contribution in [2.75, 3.05) is 0 Å². The number of hydrogen-bond donors (Lipinski definition) is 1. The van der Waals surface area contributed by atoms with E-state index in [1.54, 1.807) is 27.7 Å². The Balaban J connectivity index is 1.82. The molecule has 0 aliphatic heterocycles. The Morgan fingerprint density at radius 3 is 2.88 bits per heavy atom. The molecular formula is C16H17ClN6O. The Bertz CT molecular complexity index is 869. The zero-order valence-corrected chi connectivity index (χ0v) is 14.2. The van der Waals surface area contributed by atoms with Crippen LogP contribution in [0.5, 0.6) is 0 Å². The molecule has 0 aliphatic carbocycles. The van der Waals surface area contributed by atoms with Gasteiger partial charge >= 0.3 is 0 Å². The van der Waals surface area contributed by atoms with Crippen LogP contribution in [0.25, 0.3) is 5.69 Å². The van der Waals surface area contributed by atoms with E-state index in [-0.39, 0.29) is 5.91 Å². The van der Waals surface area contributed by atoms with Gasteiger partial charge in [0, 0.05) is 30.4 Å². The molecular weight excluding hydrogens is 328 g/mol. The molecule has 0 saturated carbocycles. The highest BCUT2D eigenvalue weighted by Crippen LogP contribution is 2.17. The molecule has 0 atom stereocenters. The Labute approximate surface area is 144 Å². The predicted octanol–water partition coefficient (Wildman–Crippen LogP) is 2.15. The zero-order valence-electron chi connectivity index (χ0n) is 13.4. The van der Waals surface area contributed by atoms with Crippen molar-refractivity contribution >= 4 is 17.5 Å². The molecule has 1 N–H and O–H groups in total. The maximum atomic E-state index is 12.4. The fourth-order valence-corrected chi connectivity index (χ4v) is 2.62. The van der Waals surface area contributed by atoms with Crippen molar-refractivity contribution in [1.29, 1.82) is 0 Å². The van der Waals surface area contributed by atoms with Gasteiger partial charge < -0.3 is 5.32 Å². The van der Waals surface area contributed by atoms with Crippen molar-refractivity contribution in [3.05, 3.63) is 58.6 Å². The van der Waals surface area contributed by atoms with Gasteiger partial charge in [-0.3, -0.25) is 9.48 Å². The number of benzene rings is 1. The van der Waals surface area contributed by atoms with E-state index < -0.39 is 0 Å². The minimum absolute atomic E-state index is 0.260. The van der Waals surface area contributed by atoms with E-state index in [0.717, 1.165) is 16.9 Å². The standard InChI is InChI=1S/C16H17ClN6O/c1-3-14-15(16(24)18-8-11-9-19-22(2)10-11)20-21-23(14)13-6-4-5-12(17)7-13/h4-7,9-10H,3,8H2,1-2H3,(H,18,24). The molecule has 0 unspecified atom stereocenters. The normalized spacial score (nSPS) is 10.8. The number of hydrogen-bond acceptors (Lipinski definition) is 4. The van der Waals surface area contributed by atoms with Gasteiger partial charge in [-0.05, 0) is 24.6 Å². The van der Waals surface area contributed by atoms with Crippen LogP contribution >= 0.6 is 11.6 Å². The summed E-state index contributed by atoms with van der Waals surface area (Å²) in [6, 6.07) is 7.28. The summed E-state index contributed by atoms with van der Waals surface area (Å²) in [6.45, 7) is 2.34. The number of carbonyl (C=O) groups excluding carboxylic acids is 1. The van der Waals surface area contributed by atoms with Crippen molar-refractivity contribution in [2.24, 2.45) is 7.05 Å². The van der Waals surface area contributed by atoms with E-state index >= 15 is 0 Å². The SMILES string of the molecule is CCc1c(C(=O)NCc2cnn(C)c2)nnn1-c1cccc(Cl)c1. The molecule has 0 radical (unpaired) electrons. The second-order valence-corrected chi connectivity index (χ2v) is 5.77. The van der Waals surface area contributed by atoms with Gasteiger partial charge in [0.1, 0.15) is 0 Å². The van der Waals surface area contributed by atoms with Gasteiger partial charge in [0.15, 0.2) is 5.69 Å². The van der Waals surface area contributed by atoms with Crippen molar-refractivity contribution < 1.29 is 4.79 Å². The molecule has 0 bridgehead atoms. The number of amides is 1. The van der Waals surface area contributed by atoms with E-state index in [9.17, 15) is 4.79 Å². The lowest BCUT2D eigenvalue weighted by Gasteiger charge is -2.06. The molecule has 1 aromatic carbocycles. The highest BCUT2D eigenvalue weighted by Gasteiger charge is 2.19. The number of nitrogens with one attached hydrogen (secondary N) is 1. The summed E-state index contributed by atoms with van der Waals surface area (Å²) in [5.74, 6) is -0.260. The Hall–Kier alpha value is -2.67. The third-order valence-electron chi connectivity index (χ3n) is 3.58. The molecule has 2 heterocycles. The molecule has 0 spiro atoms. The lowest BCUT2D eigenvalue weighted by Crippen LogP contribution is -2.24. The van der Waals surface area contributed by atoms with E-state index in [4.69, 9.17) is 11.6 Å². The maximum Gasteiger partial charge on any atom is 0.274 e. The monoisotopic (exact) mass is 344 g/mol. The van der Waals surface area contributed by atoms with Crippen molar-refractivity contribution in [3.8, 4) is 5.69 Å². The van der Waals surface area contributed by atoms with Crippen LogP contribution < -0.4 is 5.32 Å². The van der Waals surface area contributed by atoms with Crippen molar-refractivity contribution in [3.63, 3.8) is 0 Å². The molecule has 0 fully saturated rings. The minimum Gasteiger partial charge on any atom is -0.346 e. The molecule has 124 valence electrons. The van der Waals surface area contributed by atoms with Gasteiger partial charge in [0.2, 0.25) is 0 Å². The second kappa shape index (κ2) is 6.84. The van der Waals surface area contributed by atoms with Crippen LogP contribution in [0.4, 0.5) is 0 Å². The third-order valence-corrected chi connectivity index (χ3v) is 3.81. The predicted molar refractivity (Wildman–Crippen MR) is 90.1 cm³/mol. The lowest BCUT2D eigenvalue weighted by atomic mass is 10.2. The topological polar surface area (TPSA) is 77.6 Å². The summed E-state index contributed by atoms with van der Waals surface area (Å²) in [4.78, 5) is 12.4. The maximum absolute atomic E-state index is 12.4. The molecule has 0 aliphatic rings. The molecule has 7 nitrogen and oxygen atoms in total. The number of carbonyl (C=O) groups is 1. The van der Waals surface area contributed by atoms with Gasteiger partial charge in [0.05, 0.1) is 17.6 Å². The Morgan fingerprint density at radius 2 is 2.21 bits per heavy atom.